The molecule has 0 unspecified atom stereocenters. The lowest BCUT2D eigenvalue weighted by molar-refractivity contribution is 0.193. The Bertz CT molecular complexity index is 299. The van der Waals surface area contributed by atoms with E-state index in [0.717, 1.165) is 18.8 Å². The molecule has 0 amide bonds. The normalized spacial score (nSPS) is 24.3. The molecule has 1 aromatic rings. The fourth-order valence-corrected chi connectivity index (χ4v) is 2.41. The van der Waals surface area contributed by atoms with E-state index in [9.17, 15) is 0 Å². The van der Waals surface area contributed by atoms with Crippen LogP contribution in [0.5, 0.6) is 0 Å². The molecule has 2 heterocycles. The van der Waals surface area contributed by atoms with E-state index in [1.54, 1.807) is 0 Å². The van der Waals surface area contributed by atoms with Crippen LogP contribution in [-0.4, -0.2) is 29.0 Å². The lowest BCUT2D eigenvalue weighted by Gasteiger charge is -2.29. The van der Waals surface area contributed by atoms with Gasteiger partial charge in [0.1, 0.15) is 0 Å². The van der Waals surface area contributed by atoms with Gasteiger partial charge in [0.2, 0.25) is 0 Å². The number of likely N-dealkylation sites (tertiary alicyclic amines) is 1. The summed E-state index contributed by atoms with van der Waals surface area (Å²) in [5, 5.41) is 0. The van der Waals surface area contributed by atoms with E-state index >= 15 is 0 Å². The molecule has 82 valence electrons. The zero-order valence-electron chi connectivity index (χ0n) is 9.26. The van der Waals surface area contributed by atoms with Crippen molar-refractivity contribution in [3.63, 3.8) is 0 Å². The van der Waals surface area contributed by atoms with Crippen LogP contribution in [-0.2, 0) is 0 Å². The Labute approximate surface area is 91.3 Å². The second-order valence-electron chi connectivity index (χ2n) is 4.20. The smallest absolute Gasteiger partial charge is 0.0572 e. The summed E-state index contributed by atoms with van der Waals surface area (Å²) in [4.78, 5) is 6.88. The van der Waals surface area contributed by atoms with Gasteiger partial charge in [-0.15, -0.1) is 0 Å². The Morgan fingerprint density at radius 3 is 3.13 bits per heavy atom. The summed E-state index contributed by atoms with van der Waals surface area (Å²) in [7, 11) is 0. The van der Waals surface area contributed by atoms with Crippen molar-refractivity contribution < 1.29 is 0 Å². The minimum Gasteiger partial charge on any atom is -0.329 e. The first kappa shape index (κ1) is 10.6. The van der Waals surface area contributed by atoms with Crippen LogP contribution in [0.15, 0.2) is 24.4 Å². The van der Waals surface area contributed by atoms with Crippen LogP contribution in [0.1, 0.15) is 31.5 Å². The second kappa shape index (κ2) is 4.73. The highest BCUT2D eigenvalue weighted by Gasteiger charge is 2.28. The number of pyridine rings is 1. The largest absolute Gasteiger partial charge is 0.329 e. The minimum atomic E-state index is 0.391. The van der Waals surface area contributed by atoms with Gasteiger partial charge < -0.3 is 5.73 Å². The summed E-state index contributed by atoms with van der Waals surface area (Å²) in [6.07, 6.45) is 4.35. The highest BCUT2D eigenvalue weighted by atomic mass is 15.2. The number of nitrogens with zero attached hydrogens (tertiary/aromatic N) is 2. The maximum absolute atomic E-state index is 5.78. The van der Waals surface area contributed by atoms with Crippen LogP contribution in [0.3, 0.4) is 0 Å². The number of rotatable bonds is 3. The average Bonchev–Trinajstić information content (AvgIpc) is 2.77. The SMILES string of the molecule is C[C@@H](c1ccccn1)N1CCC[C@@H]1CN. The van der Waals surface area contributed by atoms with Crippen LogP contribution in [0.2, 0.25) is 0 Å². The molecule has 0 aromatic carbocycles. The predicted octanol–water partition coefficient (Wildman–Crippen LogP) is 1.57. The van der Waals surface area contributed by atoms with Gasteiger partial charge >= 0.3 is 0 Å². The summed E-state index contributed by atoms with van der Waals surface area (Å²) in [5.74, 6) is 0. The fraction of sp³-hybridized carbons (Fsp3) is 0.583. The molecule has 2 rings (SSSR count). The van der Waals surface area contributed by atoms with Gasteiger partial charge in [-0.1, -0.05) is 6.07 Å². The van der Waals surface area contributed by atoms with Crippen molar-refractivity contribution in [3.05, 3.63) is 30.1 Å². The molecule has 1 aliphatic rings. The molecule has 0 bridgehead atoms. The van der Waals surface area contributed by atoms with Gasteiger partial charge in [-0.25, -0.2) is 0 Å². The maximum Gasteiger partial charge on any atom is 0.0572 e. The third-order valence-electron chi connectivity index (χ3n) is 3.31. The standard InChI is InChI=1S/C12H19N3/c1-10(12-6-2-3-7-14-12)15-8-4-5-11(15)9-13/h2-3,6-7,10-11H,4-5,8-9,13H2,1H3/t10-,11+/m0/s1. The van der Waals surface area contributed by atoms with Gasteiger partial charge in [-0.05, 0) is 38.4 Å². The molecule has 1 aliphatic heterocycles. The van der Waals surface area contributed by atoms with Gasteiger partial charge in [0.15, 0.2) is 0 Å². The van der Waals surface area contributed by atoms with E-state index in [0.29, 0.717) is 12.1 Å². The second-order valence-corrected chi connectivity index (χ2v) is 4.20. The Morgan fingerprint density at radius 2 is 2.47 bits per heavy atom. The lowest BCUT2D eigenvalue weighted by atomic mass is 10.1. The Hall–Kier alpha value is -0.930. The number of aromatic nitrogens is 1. The van der Waals surface area contributed by atoms with Crippen molar-refractivity contribution in [1.29, 1.82) is 0 Å². The molecular weight excluding hydrogens is 186 g/mol. The quantitative estimate of drug-likeness (QED) is 0.814. The first-order valence-electron chi connectivity index (χ1n) is 5.69. The van der Waals surface area contributed by atoms with E-state index in [1.165, 1.54) is 12.8 Å². The van der Waals surface area contributed by atoms with E-state index in [4.69, 9.17) is 5.73 Å². The lowest BCUT2D eigenvalue weighted by Crippen LogP contribution is -2.37. The highest BCUT2D eigenvalue weighted by Crippen LogP contribution is 2.27. The summed E-state index contributed by atoms with van der Waals surface area (Å²) in [5.41, 5.74) is 6.93. The molecule has 0 radical (unpaired) electrons. The first-order valence-corrected chi connectivity index (χ1v) is 5.69. The molecular formula is C12H19N3. The van der Waals surface area contributed by atoms with Gasteiger partial charge in [0.05, 0.1) is 5.69 Å². The fourth-order valence-electron chi connectivity index (χ4n) is 2.41. The highest BCUT2D eigenvalue weighted by molar-refractivity contribution is 5.09. The third kappa shape index (κ3) is 2.19. The van der Waals surface area contributed by atoms with Crippen LogP contribution in [0.4, 0.5) is 0 Å². The summed E-state index contributed by atoms with van der Waals surface area (Å²) >= 11 is 0. The van der Waals surface area contributed by atoms with Gasteiger partial charge in [-0.2, -0.15) is 0 Å². The molecule has 15 heavy (non-hydrogen) atoms. The van der Waals surface area contributed by atoms with E-state index in [-0.39, 0.29) is 0 Å². The summed E-state index contributed by atoms with van der Waals surface area (Å²) < 4.78 is 0. The Balaban J connectivity index is 2.10. The Kier molecular flexibility index (Phi) is 3.34. The van der Waals surface area contributed by atoms with Crippen LogP contribution in [0, 0.1) is 0 Å². The molecule has 3 heteroatoms. The number of nitrogens with two attached hydrogens (primary N) is 1. The van der Waals surface area contributed by atoms with Crippen molar-refractivity contribution in [1.82, 2.24) is 9.88 Å². The molecule has 0 aliphatic carbocycles. The van der Waals surface area contributed by atoms with Crippen molar-refractivity contribution in [3.8, 4) is 0 Å². The van der Waals surface area contributed by atoms with Crippen molar-refractivity contribution in [2.75, 3.05) is 13.1 Å². The van der Waals surface area contributed by atoms with Crippen molar-refractivity contribution in [2.45, 2.75) is 31.8 Å². The van der Waals surface area contributed by atoms with Crippen LogP contribution < -0.4 is 5.73 Å². The molecule has 0 saturated carbocycles. The van der Waals surface area contributed by atoms with E-state index in [1.807, 2.05) is 18.3 Å². The predicted molar refractivity (Wildman–Crippen MR) is 61.4 cm³/mol. The summed E-state index contributed by atoms with van der Waals surface area (Å²) in [6.45, 7) is 4.13. The number of hydrogen-bond acceptors (Lipinski definition) is 3. The zero-order chi connectivity index (χ0) is 10.7. The average molecular weight is 205 g/mol. The van der Waals surface area contributed by atoms with Crippen LogP contribution >= 0.6 is 0 Å². The molecule has 1 aromatic heterocycles. The van der Waals surface area contributed by atoms with Crippen molar-refractivity contribution >= 4 is 0 Å². The topological polar surface area (TPSA) is 42.2 Å². The van der Waals surface area contributed by atoms with E-state index in [2.05, 4.69) is 22.9 Å². The maximum atomic E-state index is 5.78. The van der Waals surface area contributed by atoms with Gasteiger partial charge in [0.25, 0.3) is 0 Å². The van der Waals surface area contributed by atoms with E-state index < -0.39 is 0 Å². The minimum absolute atomic E-state index is 0.391. The first-order chi connectivity index (χ1) is 7.33. The molecule has 3 nitrogen and oxygen atoms in total. The molecule has 2 atom stereocenters. The molecule has 1 fully saturated rings. The third-order valence-corrected chi connectivity index (χ3v) is 3.31. The Morgan fingerprint density at radius 1 is 1.60 bits per heavy atom. The van der Waals surface area contributed by atoms with Gasteiger partial charge in [-0.3, -0.25) is 9.88 Å². The monoisotopic (exact) mass is 205 g/mol. The van der Waals surface area contributed by atoms with Gasteiger partial charge in [0, 0.05) is 24.8 Å². The molecule has 2 N–H and O–H groups in total. The zero-order valence-corrected chi connectivity index (χ0v) is 9.26. The van der Waals surface area contributed by atoms with Crippen LogP contribution in [0.25, 0.3) is 0 Å². The number of hydrogen-bond donors (Lipinski definition) is 1. The molecule has 1 saturated heterocycles. The molecule has 0 spiro atoms. The summed E-state index contributed by atoms with van der Waals surface area (Å²) in [6, 6.07) is 7.04. The van der Waals surface area contributed by atoms with Crippen molar-refractivity contribution in [2.24, 2.45) is 5.73 Å².